The number of methoxy groups -OCH3 is 1. The lowest BCUT2D eigenvalue weighted by Crippen LogP contribution is -2.30. The van der Waals surface area contributed by atoms with E-state index >= 15 is 0 Å². The number of aromatic nitrogens is 4. The molecule has 1 amide bonds. The van der Waals surface area contributed by atoms with E-state index in [0.717, 1.165) is 7.11 Å². The van der Waals surface area contributed by atoms with Gasteiger partial charge in [-0.05, 0) is 19.1 Å². The van der Waals surface area contributed by atoms with Gasteiger partial charge in [-0.2, -0.15) is 9.49 Å². The molecule has 2 N–H and O–H groups in total. The van der Waals surface area contributed by atoms with Crippen molar-refractivity contribution in [3.63, 3.8) is 0 Å². The molecular formula is C18H17F3N6O2. The molecule has 0 aliphatic carbocycles. The van der Waals surface area contributed by atoms with E-state index in [0.29, 0.717) is 23.5 Å². The summed E-state index contributed by atoms with van der Waals surface area (Å²) in [6.07, 6.45) is 3.35. The third-order valence-electron chi connectivity index (χ3n) is 3.84. The molecule has 11 heteroatoms. The molecule has 3 rings (SSSR count). The van der Waals surface area contributed by atoms with Crippen LogP contribution in [0.1, 0.15) is 16.2 Å². The Morgan fingerprint density at radius 2 is 1.97 bits per heavy atom. The van der Waals surface area contributed by atoms with Crippen molar-refractivity contribution in [1.82, 2.24) is 25.1 Å². The largest absolute Gasteiger partial charge is 0.491 e. The van der Waals surface area contributed by atoms with Crippen LogP contribution < -0.4 is 15.4 Å². The van der Waals surface area contributed by atoms with Crippen LogP contribution in [-0.4, -0.2) is 45.9 Å². The maximum Gasteiger partial charge on any atom is 0.254 e. The first-order chi connectivity index (χ1) is 13.9. The molecule has 3 aromatic rings. The van der Waals surface area contributed by atoms with Gasteiger partial charge >= 0.3 is 0 Å². The second kappa shape index (κ2) is 8.59. The molecule has 152 valence electrons. The van der Waals surface area contributed by atoms with Gasteiger partial charge in [-0.1, -0.05) is 0 Å². The molecule has 0 fully saturated rings. The maximum atomic E-state index is 14.1. The van der Waals surface area contributed by atoms with Crippen LogP contribution in [0.4, 0.5) is 19.0 Å². The Labute approximate surface area is 163 Å². The van der Waals surface area contributed by atoms with Crippen LogP contribution in [0.3, 0.4) is 0 Å². The topological polar surface area (TPSA) is 94.0 Å². The fraction of sp³-hybridized carbons (Fsp3) is 0.222. The molecule has 29 heavy (non-hydrogen) atoms. The van der Waals surface area contributed by atoms with Crippen LogP contribution in [-0.2, 0) is 0 Å². The first-order valence-electron chi connectivity index (χ1n) is 8.50. The molecule has 0 saturated carbocycles. The first kappa shape index (κ1) is 20.1. The number of ether oxygens (including phenoxy) is 1. The molecule has 1 aromatic carbocycles. The van der Waals surface area contributed by atoms with Crippen LogP contribution in [0.15, 0.2) is 30.6 Å². The van der Waals surface area contributed by atoms with Crippen LogP contribution >= 0.6 is 0 Å². The third kappa shape index (κ3) is 4.45. The molecule has 2 heterocycles. The Morgan fingerprint density at radius 1 is 1.17 bits per heavy atom. The predicted octanol–water partition coefficient (Wildman–Crippen LogP) is 2.24. The standard InChI is InChI=1S/C18H17F3N6O2/c1-10-25-13(9-14(26-10)27-7-3-4-24-27)22-5-6-23-18(28)11-8-12(19)16(21)17(29-2)15(11)20/h3-4,7-9H,5-6H2,1-2H3,(H,23,28)(H,22,25,26). The lowest BCUT2D eigenvalue weighted by molar-refractivity contribution is 0.0949. The predicted molar refractivity (Wildman–Crippen MR) is 97.6 cm³/mol. The molecule has 0 aliphatic rings. The van der Waals surface area contributed by atoms with E-state index in [1.165, 1.54) is 0 Å². The summed E-state index contributed by atoms with van der Waals surface area (Å²) in [5, 5.41) is 9.51. The average molecular weight is 406 g/mol. The Morgan fingerprint density at radius 3 is 2.66 bits per heavy atom. The first-order valence-corrected chi connectivity index (χ1v) is 8.50. The van der Waals surface area contributed by atoms with Crippen LogP contribution in [0.2, 0.25) is 0 Å². The number of nitrogens with one attached hydrogen (secondary N) is 2. The van der Waals surface area contributed by atoms with Gasteiger partial charge in [0.1, 0.15) is 11.6 Å². The van der Waals surface area contributed by atoms with Crippen molar-refractivity contribution in [3.05, 3.63) is 59.4 Å². The van der Waals surface area contributed by atoms with Gasteiger partial charge in [-0.3, -0.25) is 4.79 Å². The van der Waals surface area contributed by atoms with Crippen LogP contribution in [0, 0.1) is 24.4 Å². The van der Waals surface area contributed by atoms with E-state index in [4.69, 9.17) is 0 Å². The number of halogens is 3. The molecule has 0 radical (unpaired) electrons. The number of nitrogens with zero attached hydrogens (tertiary/aromatic N) is 4. The molecule has 0 saturated heterocycles. The van der Waals surface area contributed by atoms with Gasteiger partial charge in [0.05, 0.1) is 12.7 Å². The number of rotatable bonds is 7. The van der Waals surface area contributed by atoms with Crippen molar-refractivity contribution < 1.29 is 22.7 Å². The van der Waals surface area contributed by atoms with E-state index in [9.17, 15) is 18.0 Å². The van der Waals surface area contributed by atoms with E-state index < -0.39 is 34.7 Å². The summed E-state index contributed by atoms with van der Waals surface area (Å²) in [5.74, 6) is -4.42. The second-order valence-corrected chi connectivity index (χ2v) is 5.86. The smallest absolute Gasteiger partial charge is 0.254 e. The van der Waals surface area contributed by atoms with E-state index in [2.05, 4.69) is 30.4 Å². The zero-order valence-corrected chi connectivity index (χ0v) is 15.5. The Kier molecular flexibility index (Phi) is 5.96. The average Bonchev–Trinajstić information content (AvgIpc) is 3.23. The van der Waals surface area contributed by atoms with Crippen molar-refractivity contribution in [2.75, 3.05) is 25.5 Å². The van der Waals surface area contributed by atoms with Crippen molar-refractivity contribution >= 4 is 11.7 Å². The quantitative estimate of drug-likeness (QED) is 0.462. The SMILES string of the molecule is COc1c(F)c(F)cc(C(=O)NCCNc2cc(-n3cccn3)nc(C)n2)c1F. The molecule has 0 aliphatic heterocycles. The minimum atomic E-state index is -1.49. The van der Waals surface area contributed by atoms with E-state index in [1.807, 2.05) is 0 Å². The van der Waals surface area contributed by atoms with Crippen molar-refractivity contribution in [2.45, 2.75) is 6.92 Å². The van der Waals surface area contributed by atoms with Crippen LogP contribution in [0.25, 0.3) is 5.82 Å². The number of aryl methyl sites for hydroxylation is 1. The Hall–Kier alpha value is -3.63. The monoisotopic (exact) mass is 406 g/mol. The summed E-state index contributed by atoms with van der Waals surface area (Å²) in [7, 11) is 0.980. The zero-order chi connectivity index (χ0) is 21.0. The number of carbonyl (C=O) groups is 1. The highest BCUT2D eigenvalue weighted by molar-refractivity contribution is 5.95. The van der Waals surface area contributed by atoms with Crippen molar-refractivity contribution in [2.24, 2.45) is 0 Å². The lowest BCUT2D eigenvalue weighted by atomic mass is 10.1. The van der Waals surface area contributed by atoms with Crippen molar-refractivity contribution in [3.8, 4) is 11.6 Å². The number of benzene rings is 1. The van der Waals surface area contributed by atoms with Crippen LogP contribution in [0.5, 0.6) is 5.75 Å². The van der Waals surface area contributed by atoms with Gasteiger partial charge in [-0.15, -0.1) is 0 Å². The van der Waals surface area contributed by atoms with E-state index in [-0.39, 0.29) is 13.1 Å². The number of hydrogen-bond donors (Lipinski definition) is 2. The normalized spacial score (nSPS) is 10.7. The van der Waals surface area contributed by atoms with Gasteiger partial charge in [-0.25, -0.2) is 23.4 Å². The van der Waals surface area contributed by atoms with Gasteiger partial charge in [0, 0.05) is 31.5 Å². The lowest BCUT2D eigenvalue weighted by Gasteiger charge is -2.11. The summed E-state index contributed by atoms with van der Waals surface area (Å²) < 4.78 is 47.2. The van der Waals surface area contributed by atoms with E-state index in [1.54, 1.807) is 36.1 Å². The fourth-order valence-electron chi connectivity index (χ4n) is 2.55. The number of carbonyl (C=O) groups excluding carboxylic acids is 1. The number of amides is 1. The molecule has 2 aromatic heterocycles. The van der Waals surface area contributed by atoms with Crippen molar-refractivity contribution in [1.29, 1.82) is 0 Å². The minimum Gasteiger partial charge on any atom is -0.491 e. The zero-order valence-electron chi connectivity index (χ0n) is 15.5. The molecule has 8 nitrogen and oxygen atoms in total. The molecule has 0 atom stereocenters. The Bertz CT molecular complexity index is 1030. The number of anilines is 1. The summed E-state index contributed by atoms with van der Waals surface area (Å²) in [6, 6.07) is 3.91. The molecule has 0 unspecified atom stereocenters. The molecular weight excluding hydrogens is 389 g/mol. The van der Waals surface area contributed by atoms with Gasteiger partial charge < -0.3 is 15.4 Å². The highest BCUT2D eigenvalue weighted by Crippen LogP contribution is 2.26. The summed E-state index contributed by atoms with van der Waals surface area (Å²) in [6.45, 7) is 2.03. The summed E-state index contributed by atoms with van der Waals surface area (Å²) in [4.78, 5) is 20.6. The maximum absolute atomic E-state index is 14.1. The van der Waals surface area contributed by atoms with Gasteiger partial charge in [0.15, 0.2) is 23.2 Å². The number of hydrogen-bond acceptors (Lipinski definition) is 6. The highest BCUT2D eigenvalue weighted by atomic mass is 19.2. The Balaban J connectivity index is 1.62. The molecule has 0 spiro atoms. The molecule has 0 bridgehead atoms. The highest BCUT2D eigenvalue weighted by Gasteiger charge is 2.23. The fourth-order valence-corrected chi connectivity index (χ4v) is 2.55. The minimum absolute atomic E-state index is 0.0692. The summed E-state index contributed by atoms with van der Waals surface area (Å²) >= 11 is 0. The second-order valence-electron chi connectivity index (χ2n) is 5.86. The van der Waals surface area contributed by atoms with Gasteiger partial charge in [0.25, 0.3) is 5.91 Å². The summed E-state index contributed by atoms with van der Waals surface area (Å²) in [5.41, 5.74) is -0.653. The third-order valence-corrected chi connectivity index (χ3v) is 3.84. The van der Waals surface area contributed by atoms with Gasteiger partial charge in [0.2, 0.25) is 5.82 Å².